The van der Waals surface area contributed by atoms with Crippen LogP contribution >= 0.6 is 0 Å². The molecule has 1 aromatic carbocycles. The normalized spacial score (nSPS) is 14.1. The predicted octanol–water partition coefficient (Wildman–Crippen LogP) is 1.25. The third kappa shape index (κ3) is 4.96. The Morgan fingerprint density at radius 1 is 1.29 bits per heavy atom. The van der Waals surface area contributed by atoms with E-state index in [1.807, 2.05) is 0 Å². The lowest BCUT2D eigenvalue weighted by Gasteiger charge is -2.25. The average Bonchev–Trinajstić information content (AvgIpc) is 2.33. The lowest BCUT2D eigenvalue weighted by Crippen LogP contribution is -2.49. The van der Waals surface area contributed by atoms with Crippen molar-refractivity contribution in [2.45, 2.75) is 38.5 Å². The van der Waals surface area contributed by atoms with Gasteiger partial charge < -0.3 is 26.6 Å². The monoisotopic (exact) mass is 295 g/mol. The smallest absolute Gasteiger partial charge is 0.408 e. The first kappa shape index (κ1) is 16.8. The van der Waals surface area contributed by atoms with Gasteiger partial charge in [0.05, 0.1) is 6.04 Å². The Bertz CT molecular complexity index is 525. The lowest BCUT2D eigenvalue weighted by atomic mass is 9.99. The van der Waals surface area contributed by atoms with E-state index >= 15 is 0 Å². The van der Waals surface area contributed by atoms with E-state index in [2.05, 4.69) is 5.32 Å². The number of amides is 1. The van der Waals surface area contributed by atoms with E-state index in [1.54, 1.807) is 45.0 Å². The fourth-order valence-corrected chi connectivity index (χ4v) is 1.73. The summed E-state index contributed by atoms with van der Waals surface area (Å²) < 4.78 is 5.03. The predicted molar refractivity (Wildman–Crippen MR) is 78.6 cm³/mol. The second kappa shape index (κ2) is 6.45. The molecule has 0 aromatic heterocycles. The molecule has 0 bridgehead atoms. The molecule has 0 heterocycles. The van der Waals surface area contributed by atoms with Crippen LogP contribution in [0.4, 0.5) is 10.5 Å². The van der Waals surface area contributed by atoms with Crippen molar-refractivity contribution in [3.8, 4) is 0 Å². The van der Waals surface area contributed by atoms with Crippen molar-refractivity contribution >= 4 is 17.7 Å². The molecule has 2 atom stereocenters. The number of aliphatic carboxylic acids is 1. The first-order chi connectivity index (χ1) is 9.61. The summed E-state index contributed by atoms with van der Waals surface area (Å²) in [6.07, 6.45) is -0.847. The Hall–Kier alpha value is -2.28. The van der Waals surface area contributed by atoms with E-state index in [9.17, 15) is 14.7 Å². The lowest BCUT2D eigenvalue weighted by molar-refractivity contribution is -0.140. The molecule has 1 amide bonds. The minimum absolute atomic E-state index is 0.363. The van der Waals surface area contributed by atoms with E-state index < -0.39 is 29.7 Å². The van der Waals surface area contributed by atoms with Crippen molar-refractivity contribution in [2.75, 3.05) is 5.73 Å². The van der Waals surface area contributed by atoms with Gasteiger partial charge in [-0.15, -0.1) is 0 Å². The third-order valence-corrected chi connectivity index (χ3v) is 2.65. The molecule has 116 valence electrons. The van der Waals surface area contributed by atoms with Crippen LogP contribution in [0.5, 0.6) is 0 Å². The molecule has 0 saturated carbocycles. The number of carboxylic acid groups (broad SMARTS) is 1. The number of rotatable bonds is 4. The van der Waals surface area contributed by atoms with Gasteiger partial charge >= 0.3 is 12.1 Å². The minimum Gasteiger partial charge on any atom is -0.480 e. The second-order valence-electron chi connectivity index (χ2n) is 5.62. The van der Waals surface area contributed by atoms with Gasteiger partial charge in [0, 0.05) is 5.69 Å². The van der Waals surface area contributed by atoms with Crippen molar-refractivity contribution in [2.24, 2.45) is 5.73 Å². The number of para-hydroxylation sites is 1. The maximum Gasteiger partial charge on any atom is 0.408 e. The number of nitrogens with one attached hydrogen (secondary N) is 1. The average molecular weight is 295 g/mol. The molecular formula is C14H21N3O4. The minimum atomic E-state index is -1.34. The molecule has 21 heavy (non-hydrogen) atoms. The summed E-state index contributed by atoms with van der Waals surface area (Å²) in [5.41, 5.74) is 11.8. The van der Waals surface area contributed by atoms with Crippen LogP contribution in [0, 0.1) is 0 Å². The number of anilines is 1. The highest BCUT2D eigenvalue weighted by Crippen LogP contribution is 2.21. The molecular weight excluding hydrogens is 274 g/mol. The van der Waals surface area contributed by atoms with Crippen LogP contribution in [0.1, 0.15) is 32.4 Å². The van der Waals surface area contributed by atoms with Crippen LogP contribution in [0.3, 0.4) is 0 Å². The Kier molecular flexibility index (Phi) is 5.15. The van der Waals surface area contributed by atoms with Crippen molar-refractivity contribution < 1.29 is 19.4 Å². The summed E-state index contributed by atoms with van der Waals surface area (Å²) >= 11 is 0. The number of nitrogens with two attached hydrogens (primary N) is 2. The Balaban J connectivity index is 2.90. The number of hydrogen-bond acceptors (Lipinski definition) is 5. The van der Waals surface area contributed by atoms with Gasteiger partial charge in [-0.2, -0.15) is 0 Å². The summed E-state index contributed by atoms with van der Waals surface area (Å²) in [5, 5.41) is 11.5. The Morgan fingerprint density at radius 2 is 1.86 bits per heavy atom. The maximum absolute atomic E-state index is 11.7. The summed E-state index contributed by atoms with van der Waals surface area (Å²) in [5.74, 6) is -1.27. The summed E-state index contributed by atoms with van der Waals surface area (Å²) in [4.78, 5) is 23.0. The zero-order valence-electron chi connectivity index (χ0n) is 12.3. The number of benzene rings is 1. The van der Waals surface area contributed by atoms with E-state index in [0.29, 0.717) is 11.3 Å². The van der Waals surface area contributed by atoms with Crippen LogP contribution in [0.25, 0.3) is 0 Å². The number of hydrogen-bond donors (Lipinski definition) is 4. The van der Waals surface area contributed by atoms with Gasteiger partial charge in [0.15, 0.2) is 0 Å². The number of carboxylic acids is 1. The molecule has 0 spiro atoms. The maximum atomic E-state index is 11.7. The molecule has 7 nitrogen and oxygen atoms in total. The van der Waals surface area contributed by atoms with Crippen LogP contribution in [0.15, 0.2) is 24.3 Å². The molecule has 0 aliphatic carbocycles. The molecule has 1 aromatic rings. The number of carbonyl (C=O) groups excluding carboxylic acids is 1. The zero-order valence-corrected chi connectivity index (χ0v) is 12.3. The van der Waals surface area contributed by atoms with Gasteiger partial charge in [-0.1, -0.05) is 18.2 Å². The highest BCUT2D eigenvalue weighted by molar-refractivity contribution is 5.81. The third-order valence-electron chi connectivity index (χ3n) is 2.65. The molecule has 1 rings (SSSR count). The molecule has 0 aliphatic heterocycles. The van der Waals surface area contributed by atoms with Gasteiger partial charge in [-0.05, 0) is 32.4 Å². The van der Waals surface area contributed by atoms with E-state index in [4.69, 9.17) is 16.2 Å². The van der Waals surface area contributed by atoms with Gasteiger partial charge in [0.25, 0.3) is 0 Å². The van der Waals surface area contributed by atoms with Crippen LogP contribution in [-0.4, -0.2) is 28.8 Å². The quantitative estimate of drug-likeness (QED) is 0.619. The number of alkyl carbamates (subject to hydrolysis) is 1. The highest BCUT2D eigenvalue weighted by Gasteiger charge is 2.31. The van der Waals surface area contributed by atoms with E-state index in [1.165, 1.54) is 0 Å². The SMILES string of the molecule is CC(C)(C)OC(=O)NC(C(=O)O)C(N)c1ccccc1N. The van der Waals surface area contributed by atoms with Gasteiger partial charge in [0.2, 0.25) is 0 Å². The standard InChI is InChI=1S/C14H21N3O4/c1-14(2,3)21-13(20)17-11(12(18)19)10(16)8-6-4-5-7-9(8)15/h4-7,10-11H,15-16H2,1-3H3,(H,17,20)(H,18,19). The molecule has 0 fully saturated rings. The van der Waals surface area contributed by atoms with Crippen molar-refractivity contribution in [3.05, 3.63) is 29.8 Å². The largest absolute Gasteiger partial charge is 0.480 e. The first-order valence-electron chi connectivity index (χ1n) is 6.44. The zero-order chi connectivity index (χ0) is 16.2. The second-order valence-corrected chi connectivity index (χ2v) is 5.62. The van der Waals surface area contributed by atoms with Crippen LogP contribution in [-0.2, 0) is 9.53 Å². The molecule has 6 N–H and O–H groups in total. The molecule has 0 saturated heterocycles. The number of carbonyl (C=O) groups is 2. The fraction of sp³-hybridized carbons (Fsp3) is 0.429. The van der Waals surface area contributed by atoms with Crippen molar-refractivity contribution in [3.63, 3.8) is 0 Å². The van der Waals surface area contributed by atoms with E-state index in [0.717, 1.165) is 0 Å². The summed E-state index contributed by atoms with van der Waals surface area (Å²) in [7, 11) is 0. The van der Waals surface area contributed by atoms with Crippen LogP contribution < -0.4 is 16.8 Å². The molecule has 7 heteroatoms. The summed E-state index contributed by atoms with van der Waals surface area (Å²) in [6, 6.07) is 4.30. The van der Waals surface area contributed by atoms with Gasteiger partial charge in [0.1, 0.15) is 11.6 Å². The van der Waals surface area contributed by atoms with Gasteiger partial charge in [-0.3, -0.25) is 0 Å². The van der Waals surface area contributed by atoms with Gasteiger partial charge in [-0.25, -0.2) is 9.59 Å². The topological polar surface area (TPSA) is 128 Å². The Morgan fingerprint density at radius 3 is 2.33 bits per heavy atom. The summed E-state index contributed by atoms with van der Waals surface area (Å²) in [6.45, 7) is 5.03. The van der Waals surface area contributed by atoms with Crippen molar-refractivity contribution in [1.82, 2.24) is 5.32 Å². The fourth-order valence-electron chi connectivity index (χ4n) is 1.73. The van der Waals surface area contributed by atoms with Crippen molar-refractivity contribution in [1.29, 1.82) is 0 Å². The Labute approximate surface area is 123 Å². The molecule has 0 aliphatic rings. The number of ether oxygens (including phenoxy) is 1. The first-order valence-corrected chi connectivity index (χ1v) is 6.44. The van der Waals surface area contributed by atoms with Crippen LogP contribution in [0.2, 0.25) is 0 Å². The highest BCUT2D eigenvalue weighted by atomic mass is 16.6. The molecule has 2 unspecified atom stereocenters. The van der Waals surface area contributed by atoms with E-state index in [-0.39, 0.29) is 0 Å². The number of nitrogen functional groups attached to an aromatic ring is 1. The molecule has 0 radical (unpaired) electrons.